The second-order valence-corrected chi connectivity index (χ2v) is 2.18. The topological polar surface area (TPSA) is 26.3 Å². The highest BCUT2D eigenvalue weighted by molar-refractivity contribution is 5.79. The molecule has 0 amide bonds. The van der Waals surface area contributed by atoms with E-state index >= 15 is 0 Å². The quantitative estimate of drug-likeness (QED) is 0.683. The van der Waals surface area contributed by atoms with E-state index in [1.165, 1.54) is 0 Å². The molecule has 0 saturated carbocycles. The average Bonchev–Trinajstić information content (AvgIpc) is 2.07. The Hall–Kier alpha value is -1.52. The number of halogens is 3. The van der Waals surface area contributed by atoms with Crippen molar-refractivity contribution in [1.29, 1.82) is 0 Å². The molecule has 0 aliphatic rings. The molecule has 0 aromatic heterocycles. The van der Waals surface area contributed by atoms with E-state index in [4.69, 9.17) is 0 Å². The van der Waals surface area contributed by atoms with E-state index < -0.39 is 12.4 Å². The molecule has 0 bridgehead atoms. The van der Waals surface area contributed by atoms with Gasteiger partial charge in [0.25, 0.3) is 0 Å². The first-order chi connectivity index (χ1) is 6.13. The van der Waals surface area contributed by atoms with Gasteiger partial charge in [-0.2, -0.15) is 8.78 Å². The van der Waals surface area contributed by atoms with Gasteiger partial charge in [0.1, 0.15) is 11.6 Å². The molecule has 1 rings (SSSR count). The molecule has 0 saturated heterocycles. The third kappa shape index (κ3) is 2.47. The van der Waals surface area contributed by atoms with Crippen molar-refractivity contribution in [2.45, 2.75) is 6.61 Å². The number of rotatable bonds is 3. The summed E-state index contributed by atoms with van der Waals surface area (Å²) >= 11 is 0. The van der Waals surface area contributed by atoms with Gasteiger partial charge in [-0.25, -0.2) is 4.39 Å². The van der Waals surface area contributed by atoms with Gasteiger partial charge in [-0.3, -0.25) is 4.79 Å². The van der Waals surface area contributed by atoms with E-state index in [0.717, 1.165) is 18.2 Å². The van der Waals surface area contributed by atoms with E-state index in [9.17, 15) is 18.0 Å². The van der Waals surface area contributed by atoms with Crippen LogP contribution in [0.3, 0.4) is 0 Å². The van der Waals surface area contributed by atoms with Crippen molar-refractivity contribution in [3.05, 3.63) is 29.6 Å². The third-order valence-corrected chi connectivity index (χ3v) is 1.31. The van der Waals surface area contributed by atoms with E-state index in [0.29, 0.717) is 0 Å². The highest BCUT2D eigenvalue weighted by Crippen LogP contribution is 2.19. The molecule has 2 nitrogen and oxygen atoms in total. The van der Waals surface area contributed by atoms with E-state index in [1.54, 1.807) is 0 Å². The number of hydrogen-bond acceptors (Lipinski definition) is 2. The van der Waals surface area contributed by atoms with Gasteiger partial charge >= 0.3 is 6.61 Å². The first kappa shape index (κ1) is 9.57. The Morgan fingerprint density at radius 3 is 2.62 bits per heavy atom. The highest BCUT2D eigenvalue weighted by Gasteiger charge is 2.09. The normalized spacial score (nSPS) is 10.2. The molecule has 1 aromatic rings. The van der Waals surface area contributed by atoms with E-state index in [-0.39, 0.29) is 17.6 Å². The number of ether oxygens (including phenoxy) is 1. The van der Waals surface area contributed by atoms with Crippen molar-refractivity contribution in [3.63, 3.8) is 0 Å². The van der Waals surface area contributed by atoms with Crippen molar-refractivity contribution in [2.24, 2.45) is 0 Å². The summed E-state index contributed by atoms with van der Waals surface area (Å²) in [5.41, 5.74) is -0.236. The minimum atomic E-state index is -3.02. The summed E-state index contributed by atoms with van der Waals surface area (Å²) in [4.78, 5) is 10.3. The zero-order chi connectivity index (χ0) is 9.84. The Balaban J connectivity index is 2.99. The molecule has 0 spiro atoms. The Morgan fingerprint density at radius 1 is 1.38 bits per heavy atom. The maximum absolute atomic E-state index is 12.5. The van der Waals surface area contributed by atoms with Crippen LogP contribution in [0.2, 0.25) is 0 Å². The van der Waals surface area contributed by atoms with Crippen LogP contribution < -0.4 is 4.74 Å². The zero-order valence-corrected chi connectivity index (χ0v) is 6.34. The van der Waals surface area contributed by atoms with Crippen LogP contribution in [0, 0.1) is 5.82 Å². The highest BCUT2D eigenvalue weighted by atomic mass is 19.3. The smallest absolute Gasteiger partial charge is 0.387 e. The number of hydrogen-bond donors (Lipinski definition) is 0. The van der Waals surface area contributed by atoms with Crippen LogP contribution in [-0.2, 0) is 0 Å². The molecule has 70 valence electrons. The van der Waals surface area contributed by atoms with Crippen LogP contribution in [-0.4, -0.2) is 12.9 Å². The summed E-state index contributed by atoms with van der Waals surface area (Å²) < 4.78 is 39.8. The van der Waals surface area contributed by atoms with Crippen molar-refractivity contribution in [3.8, 4) is 5.75 Å². The van der Waals surface area contributed by atoms with Gasteiger partial charge in [0.2, 0.25) is 0 Å². The number of benzene rings is 1. The fraction of sp³-hybridized carbons (Fsp3) is 0.125. The first-order valence-corrected chi connectivity index (χ1v) is 3.33. The molecule has 1 aromatic carbocycles. The van der Waals surface area contributed by atoms with Crippen LogP contribution in [0.4, 0.5) is 13.2 Å². The maximum atomic E-state index is 12.5. The Bertz CT molecular complexity index is 312. The lowest BCUT2D eigenvalue weighted by Gasteiger charge is -2.05. The Morgan fingerprint density at radius 2 is 2.08 bits per heavy atom. The molecule has 13 heavy (non-hydrogen) atoms. The molecular weight excluding hydrogens is 185 g/mol. The zero-order valence-electron chi connectivity index (χ0n) is 6.34. The standard InChI is InChI=1S/C8H5F3O2/c9-6-1-2-7(13-8(10)11)5(3-6)4-12/h1-4,8H. The lowest BCUT2D eigenvalue weighted by Crippen LogP contribution is -2.04. The minimum Gasteiger partial charge on any atom is -0.434 e. The first-order valence-electron chi connectivity index (χ1n) is 3.33. The van der Waals surface area contributed by atoms with Crippen molar-refractivity contribution >= 4 is 6.29 Å². The minimum absolute atomic E-state index is 0.236. The predicted octanol–water partition coefficient (Wildman–Crippen LogP) is 2.24. The molecular formula is C8H5F3O2. The Labute approximate surface area is 71.9 Å². The number of carbonyl (C=O) groups excluding carboxylic acids is 1. The van der Waals surface area contributed by atoms with Crippen LogP contribution in [0.15, 0.2) is 18.2 Å². The fourth-order valence-corrected chi connectivity index (χ4v) is 0.815. The van der Waals surface area contributed by atoms with Gasteiger partial charge in [-0.1, -0.05) is 0 Å². The van der Waals surface area contributed by atoms with Gasteiger partial charge in [-0.15, -0.1) is 0 Å². The van der Waals surface area contributed by atoms with Gasteiger partial charge in [0, 0.05) is 0 Å². The molecule has 0 atom stereocenters. The predicted molar refractivity (Wildman–Crippen MR) is 38.4 cm³/mol. The van der Waals surface area contributed by atoms with Crippen molar-refractivity contribution in [2.75, 3.05) is 0 Å². The largest absolute Gasteiger partial charge is 0.434 e. The summed E-state index contributed by atoms with van der Waals surface area (Å²) in [6.07, 6.45) is 0.251. The monoisotopic (exact) mass is 190 g/mol. The summed E-state index contributed by atoms with van der Waals surface area (Å²) in [7, 11) is 0. The van der Waals surface area contributed by atoms with Gasteiger partial charge in [0.05, 0.1) is 5.56 Å². The molecule has 5 heteroatoms. The lowest BCUT2D eigenvalue weighted by molar-refractivity contribution is -0.0501. The lowest BCUT2D eigenvalue weighted by atomic mass is 10.2. The maximum Gasteiger partial charge on any atom is 0.387 e. The van der Waals surface area contributed by atoms with Crippen LogP contribution in [0.5, 0.6) is 5.75 Å². The molecule has 0 N–H and O–H groups in total. The van der Waals surface area contributed by atoms with Crippen LogP contribution in [0.25, 0.3) is 0 Å². The molecule has 0 unspecified atom stereocenters. The van der Waals surface area contributed by atoms with E-state index in [1.807, 2.05) is 0 Å². The van der Waals surface area contributed by atoms with Gasteiger partial charge < -0.3 is 4.74 Å². The molecule has 0 fully saturated rings. The van der Waals surface area contributed by atoms with Crippen molar-refractivity contribution in [1.82, 2.24) is 0 Å². The number of alkyl halides is 2. The third-order valence-electron chi connectivity index (χ3n) is 1.31. The summed E-state index contributed by atoms with van der Waals surface area (Å²) in [5, 5.41) is 0. The van der Waals surface area contributed by atoms with Gasteiger partial charge in [0.15, 0.2) is 6.29 Å². The van der Waals surface area contributed by atoms with E-state index in [2.05, 4.69) is 4.74 Å². The van der Waals surface area contributed by atoms with Crippen molar-refractivity contribution < 1.29 is 22.7 Å². The second kappa shape index (κ2) is 3.93. The van der Waals surface area contributed by atoms with Crippen LogP contribution in [0.1, 0.15) is 10.4 Å². The molecule has 0 heterocycles. The SMILES string of the molecule is O=Cc1cc(F)ccc1OC(F)F. The average molecular weight is 190 g/mol. The Kier molecular flexibility index (Phi) is 2.89. The molecule has 0 aliphatic heterocycles. The summed E-state index contributed by atoms with van der Waals surface area (Å²) in [6, 6.07) is 2.74. The second-order valence-electron chi connectivity index (χ2n) is 2.18. The molecule has 0 radical (unpaired) electrons. The summed E-state index contributed by atoms with van der Waals surface area (Å²) in [6.45, 7) is -3.02. The summed E-state index contributed by atoms with van der Waals surface area (Å²) in [5.74, 6) is -1.00. The van der Waals surface area contributed by atoms with Crippen LogP contribution >= 0.6 is 0 Å². The fourth-order valence-electron chi connectivity index (χ4n) is 0.815. The van der Waals surface area contributed by atoms with Gasteiger partial charge in [-0.05, 0) is 18.2 Å². The number of carbonyl (C=O) groups is 1. The number of aldehydes is 1. The molecule has 0 aliphatic carbocycles.